The molecule has 0 aliphatic carbocycles. The first kappa shape index (κ1) is 12.0. The maximum Gasteiger partial charge on any atom is 0.274 e. The molecule has 0 atom stereocenters. The molecule has 2 rings (SSSR count). The number of aromatic nitrogens is 1. The molecule has 0 unspecified atom stereocenters. The van der Waals surface area contributed by atoms with Gasteiger partial charge in [-0.15, -0.1) is 11.3 Å². The van der Waals surface area contributed by atoms with Gasteiger partial charge < -0.3 is 4.42 Å². The third-order valence-electron chi connectivity index (χ3n) is 1.88. The summed E-state index contributed by atoms with van der Waals surface area (Å²) in [5, 5.41) is 2.12. The van der Waals surface area contributed by atoms with E-state index >= 15 is 0 Å². The van der Waals surface area contributed by atoms with Crippen molar-refractivity contribution in [2.45, 2.75) is 11.6 Å². The van der Waals surface area contributed by atoms with Crippen LogP contribution in [0, 0.1) is 0 Å². The Morgan fingerprint density at radius 2 is 2.29 bits per heavy atom. The Morgan fingerprint density at radius 1 is 1.47 bits per heavy atom. The molecule has 0 amide bonds. The standard InChI is InChI=1S/C9H8N2O4S2/c12-6-7-1-2-9(15-7)17(13,14)11-5-8-10-3-4-16-8/h1-4,6,11H,5H2. The molecule has 0 aliphatic rings. The van der Waals surface area contributed by atoms with Crippen molar-refractivity contribution < 1.29 is 17.6 Å². The summed E-state index contributed by atoms with van der Waals surface area (Å²) >= 11 is 1.34. The predicted octanol–water partition coefficient (Wildman–Crippen LogP) is 1.03. The lowest BCUT2D eigenvalue weighted by Gasteiger charge is -2.01. The molecule has 8 heteroatoms. The largest absolute Gasteiger partial charge is 0.440 e. The number of rotatable bonds is 5. The van der Waals surface area contributed by atoms with Crippen LogP contribution in [-0.2, 0) is 16.6 Å². The average Bonchev–Trinajstić information content (AvgIpc) is 2.98. The molecule has 17 heavy (non-hydrogen) atoms. The summed E-state index contributed by atoms with van der Waals surface area (Å²) in [4.78, 5) is 14.3. The van der Waals surface area contributed by atoms with Gasteiger partial charge in [-0.2, -0.15) is 0 Å². The van der Waals surface area contributed by atoms with Crippen molar-refractivity contribution in [3.05, 3.63) is 34.5 Å². The van der Waals surface area contributed by atoms with E-state index in [0.29, 0.717) is 11.3 Å². The van der Waals surface area contributed by atoms with E-state index in [-0.39, 0.29) is 17.4 Å². The van der Waals surface area contributed by atoms with Crippen LogP contribution in [0.1, 0.15) is 15.6 Å². The zero-order chi connectivity index (χ0) is 12.3. The molecule has 0 aromatic carbocycles. The van der Waals surface area contributed by atoms with Gasteiger partial charge in [0.25, 0.3) is 10.0 Å². The Morgan fingerprint density at radius 3 is 2.88 bits per heavy atom. The van der Waals surface area contributed by atoms with Gasteiger partial charge in [0.05, 0.1) is 6.54 Å². The highest BCUT2D eigenvalue weighted by molar-refractivity contribution is 7.89. The summed E-state index contributed by atoms with van der Waals surface area (Å²) in [7, 11) is -3.73. The van der Waals surface area contributed by atoms with Gasteiger partial charge in [-0.05, 0) is 12.1 Å². The molecule has 2 heterocycles. The molecule has 0 radical (unpaired) electrons. The monoisotopic (exact) mass is 272 g/mol. The third kappa shape index (κ3) is 2.78. The quantitative estimate of drug-likeness (QED) is 0.821. The highest BCUT2D eigenvalue weighted by Crippen LogP contribution is 2.13. The zero-order valence-electron chi connectivity index (χ0n) is 8.49. The summed E-state index contributed by atoms with van der Waals surface area (Å²) in [5.74, 6) is -0.0281. The van der Waals surface area contributed by atoms with Crippen molar-refractivity contribution in [2.24, 2.45) is 0 Å². The minimum atomic E-state index is -3.73. The predicted molar refractivity (Wildman–Crippen MR) is 60.2 cm³/mol. The Bertz CT molecular complexity index is 601. The summed E-state index contributed by atoms with van der Waals surface area (Å²) in [6.45, 7) is 0.0944. The van der Waals surface area contributed by atoms with E-state index in [2.05, 4.69) is 9.71 Å². The van der Waals surface area contributed by atoms with Crippen LogP contribution in [0.25, 0.3) is 0 Å². The molecule has 1 N–H and O–H groups in total. The van der Waals surface area contributed by atoms with Gasteiger partial charge in [-0.25, -0.2) is 18.1 Å². The number of hydrogen-bond acceptors (Lipinski definition) is 6. The topological polar surface area (TPSA) is 89.3 Å². The van der Waals surface area contributed by atoms with Crippen LogP contribution in [0.2, 0.25) is 0 Å². The van der Waals surface area contributed by atoms with E-state index in [0.717, 1.165) is 0 Å². The summed E-state index contributed by atoms with van der Waals surface area (Å²) in [6.07, 6.45) is 2.03. The Kier molecular flexibility index (Phi) is 3.36. The van der Waals surface area contributed by atoms with E-state index in [1.54, 1.807) is 11.6 Å². The minimum absolute atomic E-state index is 0.0281. The number of furan rings is 1. The van der Waals surface area contributed by atoms with Crippen LogP contribution in [0.5, 0.6) is 0 Å². The van der Waals surface area contributed by atoms with E-state index in [9.17, 15) is 13.2 Å². The number of carbonyl (C=O) groups is 1. The molecule has 0 bridgehead atoms. The first-order valence-electron chi connectivity index (χ1n) is 4.55. The Labute approximate surface area is 101 Å². The van der Waals surface area contributed by atoms with Gasteiger partial charge in [0, 0.05) is 11.6 Å². The highest BCUT2D eigenvalue weighted by Gasteiger charge is 2.18. The van der Waals surface area contributed by atoms with Crippen LogP contribution in [-0.4, -0.2) is 19.7 Å². The second kappa shape index (κ2) is 4.78. The lowest BCUT2D eigenvalue weighted by Crippen LogP contribution is -2.22. The number of nitrogens with one attached hydrogen (secondary N) is 1. The Hall–Kier alpha value is -1.51. The zero-order valence-corrected chi connectivity index (χ0v) is 10.1. The van der Waals surface area contributed by atoms with Crippen molar-refractivity contribution in [3.8, 4) is 0 Å². The second-order valence-corrected chi connectivity index (χ2v) is 5.70. The van der Waals surface area contributed by atoms with E-state index < -0.39 is 10.0 Å². The summed E-state index contributed by atoms with van der Waals surface area (Å²) < 4.78 is 30.6. The maximum absolute atomic E-state index is 11.7. The van der Waals surface area contributed by atoms with Crippen LogP contribution in [0.4, 0.5) is 0 Å². The molecule has 0 saturated carbocycles. The van der Waals surface area contributed by atoms with Crippen molar-refractivity contribution in [1.29, 1.82) is 0 Å². The van der Waals surface area contributed by atoms with Gasteiger partial charge in [-0.3, -0.25) is 4.79 Å². The molecule has 2 aromatic heterocycles. The molecular formula is C9H8N2O4S2. The van der Waals surface area contributed by atoms with Gasteiger partial charge in [-0.1, -0.05) is 0 Å². The molecular weight excluding hydrogens is 264 g/mol. The fraction of sp³-hybridized carbons (Fsp3) is 0.111. The average molecular weight is 272 g/mol. The SMILES string of the molecule is O=Cc1ccc(S(=O)(=O)NCc2nccs2)o1. The number of sulfonamides is 1. The highest BCUT2D eigenvalue weighted by atomic mass is 32.2. The molecule has 2 aromatic rings. The van der Waals surface area contributed by atoms with E-state index in [1.165, 1.54) is 23.5 Å². The fourth-order valence-corrected chi connectivity index (χ4v) is 2.68. The maximum atomic E-state index is 11.7. The van der Waals surface area contributed by atoms with Gasteiger partial charge in [0.1, 0.15) is 5.01 Å². The van der Waals surface area contributed by atoms with Crippen molar-refractivity contribution in [2.75, 3.05) is 0 Å². The number of carbonyl (C=O) groups excluding carboxylic acids is 1. The van der Waals surface area contributed by atoms with Crippen molar-refractivity contribution >= 4 is 27.6 Å². The Balaban J connectivity index is 2.11. The molecule has 0 aliphatic heterocycles. The van der Waals surface area contributed by atoms with Crippen LogP contribution in [0.3, 0.4) is 0 Å². The third-order valence-corrected chi connectivity index (χ3v) is 3.93. The smallest absolute Gasteiger partial charge is 0.274 e. The molecule has 6 nitrogen and oxygen atoms in total. The first-order chi connectivity index (χ1) is 8.12. The van der Waals surface area contributed by atoms with Crippen LogP contribution < -0.4 is 4.72 Å². The minimum Gasteiger partial charge on any atom is -0.440 e. The normalized spacial score (nSPS) is 11.5. The van der Waals surface area contributed by atoms with Gasteiger partial charge in [0.2, 0.25) is 5.09 Å². The number of nitrogens with zero attached hydrogens (tertiary/aromatic N) is 1. The lowest BCUT2D eigenvalue weighted by molar-refractivity contribution is 0.109. The number of hydrogen-bond donors (Lipinski definition) is 1. The molecule has 0 fully saturated rings. The molecule has 0 spiro atoms. The van der Waals surface area contributed by atoms with Crippen molar-refractivity contribution in [1.82, 2.24) is 9.71 Å². The van der Waals surface area contributed by atoms with Gasteiger partial charge in [0.15, 0.2) is 12.0 Å². The fourth-order valence-electron chi connectivity index (χ4n) is 1.11. The lowest BCUT2D eigenvalue weighted by atomic mass is 10.5. The number of aldehydes is 1. The summed E-state index contributed by atoms with van der Waals surface area (Å²) in [6, 6.07) is 2.53. The first-order valence-corrected chi connectivity index (χ1v) is 6.91. The summed E-state index contributed by atoms with van der Waals surface area (Å²) in [5.41, 5.74) is 0. The second-order valence-electron chi connectivity index (χ2n) is 3.03. The van der Waals surface area contributed by atoms with E-state index in [1.807, 2.05) is 0 Å². The molecule has 0 saturated heterocycles. The molecule has 90 valence electrons. The van der Waals surface area contributed by atoms with Crippen molar-refractivity contribution in [3.63, 3.8) is 0 Å². The van der Waals surface area contributed by atoms with Crippen LogP contribution in [0.15, 0.2) is 33.2 Å². The van der Waals surface area contributed by atoms with E-state index in [4.69, 9.17) is 4.42 Å². The van der Waals surface area contributed by atoms with Crippen LogP contribution >= 0.6 is 11.3 Å². The van der Waals surface area contributed by atoms with Gasteiger partial charge >= 0.3 is 0 Å². The number of thiazole rings is 1.